The van der Waals surface area contributed by atoms with Crippen LogP contribution in [-0.2, 0) is 20.9 Å². The third kappa shape index (κ3) is 7.33. The van der Waals surface area contributed by atoms with Crippen molar-refractivity contribution >= 4 is 23.5 Å². The summed E-state index contributed by atoms with van der Waals surface area (Å²) >= 11 is 0. The third-order valence-electron chi connectivity index (χ3n) is 9.28. The van der Waals surface area contributed by atoms with Gasteiger partial charge in [-0.25, -0.2) is 8.78 Å². The number of benzene rings is 1. The minimum atomic E-state index is -0.894. The number of fused-ring (bicyclic) bond motifs is 5. The van der Waals surface area contributed by atoms with Crippen molar-refractivity contribution in [2.24, 2.45) is 5.16 Å². The van der Waals surface area contributed by atoms with E-state index in [9.17, 15) is 28.0 Å². The molecule has 1 N–H and O–H groups in total. The fourth-order valence-corrected chi connectivity index (χ4v) is 6.62. The number of pyridine rings is 1. The second kappa shape index (κ2) is 14.6. The molecule has 0 aliphatic carbocycles. The summed E-state index contributed by atoms with van der Waals surface area (Å²) in [6, 6.07) is 2.23. The maximum atomic E-state index is 14.3. The van der Waals surface area contributed by atoms with Gasteiger partial charge in [-0.05, 0) is 39.2 Å². The fourth-order valence-electron chi connectivity index (χ4n) is 6.62. The minimum absolute atomic E-state index is 0.0149. The van der Waals surface area contributed by atoms with Crippen molar-refractivity contribution in [1.82, 2.24) is 14.8 Å². The van der Waals surface area contributed by atoms with Crippen LogP contribution in [0.1, 0.15) is 117 Å². The molecule has 4 heterocycles. The second-order valence-electron chi connectivity index (χ2n) is 12.7. The second-order valence-corrected chi connectivity index (χ2v) is 12.7. The maximum Gasteiger partial charge on any atom is 0.308 e. The smallest absolute Gasteiger partial charge is 0.308 e. The summed E-state index contributed by atoms with van der Waals surface area (Å²) < 4.78 is 40.3. The molecule has 47 heavy (non-hydrogen) atoms. The van der Waals surface area contributed by atoms with Gasteiger partial charge >= 0.3 is 5.97 Å². The lowest BCUT2D eigenvalue weighted by Crippen LogP contribution is -2.52. The van der Waals surface area contributed by atoms with Crippen molar-refractivity contribution in [2.45, 2.75) is 109 Å². The normalized spacial score (nSPS) is 21.5. The van der Waals surface area contributed by atoms with Gasteiger partial charge in [0.15, 0.2) is 11.3 Å². The van der Waals surface area contributed by atoms with Gasteiger partial charge in [0.25, 0.3) is 11.8 Å². The summed E-state index contributed by atoms with van der Waals surface area (Å²) in [4.78, 5) is 61.5. The number of rotatable bonds is 13. The van der Waals surface area contributed by atoms with E-state index in [1.54, 1.807) is 9.47 Å². The van der Waals surface area contributed by atoms with Crippen molar-refractivity contribution in [3.63, 3.8) is 0 Å². The van der Waals surface area contributed by atoms with E-state index in [2.05, 4.69) is 17.4 Å². The van der Waals surface area contributed by atoms with Crippen molar-refractivity contribution in [3.05, 3.63) is 63.1 Å². The summed E-state index contributed by atoms with van der Waals surface area (Å²) in [5.41, 5.74) is -1.40. The van der Waals surface area contributed by atoms with Crippen molar-refractivity contribution in [2.75, 3.05) is 13.3 Å². The van der Waals surface area contributed by atoms with Crippen LogP contribution in [0.15, 0.2) is 34.3 Å². The average molecular weight is 657 g/mol. The zero-order valence-electron chi connectivity index (χ0n) is 27.1. The molecular weight excluding hydrogens is 614 g/mol. The maximum absolute atomic E-state index is 14.3. The third-order valence-corrected chi connectivity index (χ3v) is 9.28. The number of carbonyl (C=O) groups excluding carboxylic acids is 3. The van der Waals surface area contributed by atoms with Crippen LogP contribution in [0.3, 0.4) is 0 Å². The molecule has 3 aliphatic heterocycles. The Balaban J connectivity index is 1.45. The number of carbonyl (C=O) groups is 3. The van der Waals surface area contributed by atoms with Crippen LogP contribution in [-0.4, -0.2) is 57.9 Å². The molecule has 1 aromatic heterocycles. The first-order chi connectivity index (χ1) is 22.5. The first kappa shape index (κ1) is 34.1. The number of nitrogens with zero attached hydrogens (tertiary/aromatic N) is 3. The number of unbranched alkanes of at least 4 members (excludes halogenated alkanes) is 5. The molecule has 3 atom stereocenters. The molecule has 3 aliphatic rings. The van der Waals surface area contributed by atoms with E-state index in [0.29, 0.717) is 31.7 Å². The van der Waals surface area contributed by atoms with Gasteiger partial charge in [0, 0.05) is 49.8 Å². The first-order valence-electron chi connectivity index (χ1n) is 16.4. The number of hydrogen-bond acceptors (Lipinski definition) is 8. The van der Waals surface area contributed by atoms with Crippen molar-refractivity contribution in [1.29, 1.82) is 0 Å². The number of oxime groups is 1. The van der Waals surface area contributed by atoms with Gasteiger partial charge in [0.1, 0.15) is 17.2 Å². The van der Waals surface area contributed by atoms with Gasteiger partial charge in [-0.15, -0.1) is 0 Å². The average Bonchev–Trinajstić information content (AvgIpc) is 3.37. The fraction of sp³-hybridized carbons (Fsp3) is 0.559. The molecule has 254 valence electrons. The number of aromatic nitrogens is 1. The quantitative estimate of drug-likeness (QED) is 0.174. The number of ether oxygens (including phenoxy) is 2. The molecule has 13 heteroatoms. The van der Waals surface area contributed by atoms with Gasteiger partial charge in [0.2, 0.25) is 18.0 Å². The van der Waals surface area contributed by atoms with Crippen molar-refractivity contribution in [3.8, 4) is 5.75 Å². The number of nitrogens with one attached hydrogen (secondary N) is 1. The summed E-state index contributed by atoms with van der Waals surface area (Å²) in [7, 11) is 0. The molecule has 2 bridgehead atoms. The van der Waals surface area contributed by atoms with Gasteiger partial charge in [0.05, 0.1) is 11.8 Å². The lowest BCUT2D eigenvalue weighted by atomic mass is 9.84. The molecule has 0 radical (unpaired) electrons. The summed E-state index contributed by atoms with van der Waals surface area (Å²) in [5.74, 6) is -3.88. The molecule has 2 amide bonds. The minimum Gasteiger partial charge on any atom is -0.451 e. The lowest BCUT2D eigenvalue weighted by molar-refractivity contribution is -0.150. The molecule has 1 saturated heterocycles. The van der Waals surface area contributed by atoms with E-state index >= 15 is 0 Å². The molecule has 1 fully saturated rings. The van der Waals surface area contributed by atoms with Crippen LogP contribution in [0.4, 0.5) is 8.78 Å². The van der Waals surface area contributed by atoms with E-state index < -0.39 is 59.0 Å². The summed E-state index contributed by atoms with van der Waals surface area (Å²) in [6.07, 6.45) is 9.10. The predicted octanol–water partition coefficient (Wildman–Crippen LogP) is 5.40. The van der Waals surface area contributed by atoms with Gasteiger partial charge in [-0.1, -0.05) is 50.2 Å². The zero-order chi connectivity index (χ0) is 33.7. The standard InChI is InChI=1S/C34H42F2N4O7/c1-4-5-6-7-8-9-10-28(41)45-20-46-31-29-33(44)39-19-27(34(14-13-22(39)3)16-21(2)38-47-34)40(29)18-25(30(31)42)32(43)37-17-23-11-12-24(35)15-26(23)36/h11-12,15,18,22,27H,4-10,13-14,16-17,19-20H2,1-3H3,(H,37,43)/t22-,27+,34-/m0/s1. The van der Waals surface area contributed by atoms with E-state index in [1.165, 1.54) is 12.3 Å². The highest BCUT2D eigenvalue weighted by Crippen LogP contribution is 2.46. The monoisotopic (exact) mass is 656 g/mol. The lowest BCUT2D eigenvalue weighted by Gasteiger charge is -2.42. The topological polar surface area (TPSA) is 129 Å². The van der Waals surface area contributed by atoms with Crippen molar-refractivity contribution < 1.29 is 37.5 Å². The van der Waals surface area contributed by atoms with Gasteiger partial charge in [-0.3, -0.25) is 19.2 Å². The van der Waals surface area contributed by atoms with Crippen LogP contribution in [0, 0.1) is 11.6 Å². The predicted molar refractivity (Wildman–Crippen MR) is 168 cm³/mol. The highest BCUT2D eigenvalue weighted by atomic mass is 19.1. The summed E-state index contributed by atoms with van der Waals surface area (Å²) in [5, 5.41) is 6.73. The largest absolute Gasteiger partial charge is 0.451 e. The Kier molecular flexibility index (Phi) is 10.6. The first-order valence-corrected chi connectivity index (χ1v) is 16.4. The number of halogens is 2. The molecule has 5 rings (SSSR count). The number of esters is 1. The van der Waals surface area contributed by atoms with Crippen LogP contribution >= 0.6 is 0 Å². The molecule has 1 spiro atoms. The van der Waals surface area contributed by atoms with E-state index in [-0.39, 0.29) is 42.4 Å². The highest BCUT2D eigenvalue weighted by molar-refractivity contribution is 5.99. The Labute approximate surface area is 272 Å². The molecule has 0 saturated carbocycles. The SMILES string of the molecule is CCCCCCCCC(=O)OCOc1c2n(cc(C(=O)NCc3ccc(F)cc3F)c1=O)[C@@H]1CN(C2=O)[C@@H](C)CC[C@]12CC(C)=NO2. The van der Waals surface area contributed by atoms with Crippen LogP contribution in [0.5, 0.6) is 5.75 Å². The zero-order valence-corrected chi connectivity index (χ0v) is 27.1. The van der Waals surface area contributed by atoms with Crippen LogP contribution in [0.2, 0.25) is 0 Å². The van der Waals surface area contributed by atoms with E-state index in [1.807, 2.05) is 13.8 Å². The number of hydrogen-bond donors (Lipinski definition) is 1. The molecule has 2 aromatic rings. The Morgan fingerprint density at radius 1 is 1.15 bits per heavy atom. The summed E-state index contributed by atoms with van der Waals surface area (Å²) in [6.45, 7) is 5.18. The van der Waals surface area contributed by atoms with Gasteiger partial charge < -0.3 is 29.1 Å². The Hall–Kier alpha value is -4.29. The van der Waals surface area contributed by atoms with E-state index in [0.717, 1.165) is 43.9 Å². The Morgan fingerprint density at radius 2 is 1.91 bits per heavy atom. The molecular formula is C34H42F2N4O7. The van der Waals surface area contributed by atoms with Crippen LogP contribution < -0.4 is 15.5 Å². The Morgan fingerprint density at radius 3 is 2.64 bits per heavy atom. The Bertz CT molecular complexity index is 1610. The molecule has 1 aromatic carbocycles. The van der Waals surface area contributed by atoms with Gasteiger partial charge in [-0.2, -0.15) is 0 Å². The van der Waals surface area contributed by atoms with E-state index in [4.69, 9.17) is 14.3 Å². The number of amides is 2. The molecule has 0 unspecified atom stereocenters. The highest BCUT2D eigenvalue weighted by Gasteiger charge is 2.54. The van der Waals surface area contributed by atoms with Crippen LogP contribution in [0.25, 0.3) is 0 Å². The molecule has 11 nitrogen and oxygen atoms in total.